The molecule has 0 aliphatic heterocycles. The molecule has 94 valence electrons. The molecule has 4 nitrogen and oxygen atoms in total. The van der Waals surface area contributed by atoms with E-state index in [1.807, 2.05) is 0 Å². The summed E-state index contributed by atoms with van der Waals surface area (Å²) >= 11 is 11.7. The van der Waals surface area contributed by atoms with Crippen LogP contribution in [0.15, 0.2) is 30.6 Å². The second-order valence-corrected chi connectivity index (χ2v) is 4.32. The fourth-order valence-corrected chi connectivity index (χ4v) is 1.57. The number of nitrogens with zero attached hydrogens (tertiary/aromatic N) is 2. The largest absolute Gasteiger partial charge is 0.487 e. The Labute approximate surface area is 115 Å². The summed E-state index contributed by atoms with van der Waals surface area (Å²) in [4.78, 5) is 8.34. The highest BCUT2D eigenvalue weighted by Gasteiger charge is 2.02. The maximum Gasteiger partial charge on any atom is 0.144 e. The molecule has 0 fully saturated rings. The van der Waals surface area contributed by atoms with Crippen LogP contribution in [0.3, 0.4) is 0 Å². The fraction of sp³-hybridized carbons (Fsp3) is 0.167. The average Bonchev–Trinajstić information content (AvgIpc) is 2.41. The first-order valence-electron chi connectivity index (χ1n) is 5.25. The Morgan fingerprint density at radius 3 is 2.61 bits per heavy atom. The molecule has 0 aliphatic rings. The van der Waals surface area contributed by atoms with Crippen LogP contribution in [-0.4, -0.2) is 17.0 Å². The molecule has 1 N–H and O–H groups in total. The minimum Gasteiger partial charge on any atom is -0.487 e. The molecule has 0 unspecified atom stereocenters. The molecular weight excluding hydrogens is 273 g/mol. The van der Waals surface area contributed by atoms with Crippen LogP contribution in [0, 0.1) is 0 Å². The number of hydrogen-bond donors (Lipinski definition) is 1. The van der Waals surface area contributed by atoms with Crippen molar-refractivity contribution in [2.45, 2.75) is 6.61 Å². The van der Waals surface area contributed by atoms with E-state index in [9.17, 15) is 0 Å². The minimum atomic E-state index is 0.328. The monoisotopic (exact) mass is 283 g/mol. The summed E-state index contributed by atoms with van der Waals surface area (Å²) in [6.07, 6.45) is 3.30. The summed E-state index contributed by atoms with van der Waals surface area (Å²) in [5, 5.41) is 3.86. The van der Waals surface area contributed by atoms with Gasteiger partial charge in [-0.25, -0.2) is 4.98 Å². The number of anilines is 1. The van der Waals surface area contributed by atoms with E-state index >= 15 is 0 Å². The third-order valence-corrected chi connectivity index (χ3v) is 2.98. The summed E-state index contributed by atoms with van der Waals surface area (Å²) in [7, 11) is 1.79. The van der Waals surface area contributed by atoms with E-state index in [0.717, 1.165) is 5.69 Å². The van der Waals surface area contributed by atoms with Gasteiger partial charge in [0.15, 0.2) is 0 Å². The number of ether oxygens (including phenoxy) is 1. The summed E-state index contributed by atoms with van der Waals surface area (Å²) < 4.78 is 5.54. The molecule has 18 heavy (non-hydrogen) atoms. The van der Waals surface area contributed by atoms with Crippen LogP contribution in [0.5, 0.6) is 5.75 Å². The predicted octanol–water partition coefficient (Wildman–Crippen LogP) is 3.40. The smallest absolute Gasteiger partial charge is 0.144 e. The molecule has 0 aliphatic carbocycles. The molecule has 0 radical (unpaired) electrons. The van der Waals surface area contributed by atoms with Crippen molar-refractivity contribution in [1.29, 1.82) is 0 Å². The van der Waals surface area contributed by atoms with Gasteiger partial charge in [0.2, 0.25) is 0 Å². The molecule has 0 saturated heterocycles. The van der Waals surface area contributed by atoms with Crippen LogP contribution < -0.4 is 10.1 Å². The Morgan fingerprint density at radius 1 is 1.17 bits per heavy atom. The van der Waals surface area contributed by atoms with Gasteiger partial charge in [-0.1, -0.05) is 23.2 Å². The molecule has 0 saturated carbocycles. The zero-order valence-electron chi connectivity index (χ0n) is 9.65. The zero-order valence-corrected chi connectivity index (χ0v) is 11.2. The quantitative estimate of drug-likeness (QED) is 0.934. The van der Waals surface area contributed by atoms with Crippen molar-refractivity contribution in [3.63, 3.8) is 0 Å². The highest BCUT2D eigenvalue weighted by molar-refractivity contribution is 6.42. The molecule has 0 atom stereocenters. The van der Waals surface area contributed by atoms with Crippen molar-refractivity contribution < 1.29 is 4.74 Å². The van der Waals surface area contributed by atoms with Gasteiger partial charge in [-0.05, 0) is 12.1 Å². The van der Waals surface area contributed by atoms with E-state index in [4.69, 9.17) is 27.9 Å². The van der Waals surface area contributed by atoms with Crippen molar-refractivity contribution in [1.82, 2.24) is 9.97 Å². The van der Waals surface area contributed by atoms with E-state index < -0.39 is 0 Å². The summed E-state index contributed by atoms with van der Waals surface area (Å²) in [6.45, 7) is 0.328. The first kappa shape index (κ1) is 12.9. The van der Waals surface area contributed by atoms with E-state index in [0.29, 0.717) is 28.2 Å². The lowest BCUT2D eigenvalue weighted by molar-refractivity contribution is 0.301. The van der Waals surface area contributed by atoms with E-state index in [1.54, 1.807) is 37.6 Å². The standard InChI is InChI=1S/C12H11Cl2N3O/c1-15-12-6-16-8(5-17-12)7-18-9-2-3-10(13)11(14)4-9/h2-6H,7H2,1H3,(H,15,17). The molecule has 1 aromatic heterocycles. The third-order valence-electron chi connectivity index (χ3n) is 2.24. The Bertz CT molecular complexity index is 531. The van der Waals surface area contributed by atoms with E-state index in [2.05, 4.69) is 15.3 Å². The highest BCUT2D eigenvalue weighted by atomic mass is 35.5. The maximum atomic E-state index is 5.89. The van der Waals surface area contributed by atoms with Crippen LogP contribution in [0.4, 0.5) is 5.82 Å². The normalized spacial score (nSPS) is 10.2. The van der Waals surface area contributed by atoms with Crippen molar-refractivity contribution in [2.75, 3.05) is 12.4 Å². The van der Waals surface area contributed by atoms with E-state index in [-0.39, 0.29) is 0 Å². The second-order valence-electron chi connectivity index (χ2n) is 3.51. The minimum absolute atomic E-state index is 0.328. The lowest BCUT2D eigenvalue weighted by Crippen LogP contribution is -2.01. The first-order chi connectivity index (χ1) is 8.69. The van der Waals surface area contributed by atoms with Gasteiger partial charge in [-0.2, -0.15) is 0 Å². The van der Waals surface area contributed by atoms with Crippen LogP contribution >= 0.6 is 23.2 Å². The van der Waals surface area contributed by atoms with Gasteiger partial charge in [0.1, 0.15) is 18.2 Å². The molecule has 2 rings (SSSR count). The van der Waals surface area contributed by atoms with Gasteiger partial charge in [0, 0.05) is 13.1 Å². The molecule has 0 amide bonds. The molecule has 0 bridgehead atoms. The van der Waals surface area contributed by atoms with Gasteiger partial charge in [-0.15, -0.1) is 0 Å². The topological polar surface area (TPSA) is 47.0 Å². The molecule has 6 heteroatoms. The van der Waals surface area contributed by atoms with Gasteiger partial charge in [0.05, 0.1) is 28.1 Å². The number of benzene rings is 1. The van der Waals surface area contributed by atoms with Crippen molar-refractivity contribution in [3.05, 3.63) is 46.3 Å². The highest BCUT2D eigenvalue weighted by Crippen LogP contribution is 2.26. The number of halogens is 2. The molecule has 0 spiro atoms. The number of nitrogens with one attached hydrogen (secondary N) is 1. The maximum absolute atomic E-state index is 5.89. The van der Waals surface area contributed by atoms with Crippen LogP contribution in [0.25, 0.3) is 0 Å². The van der Waals surface area contributed by atoms with Crippen molar-refractivity contribution in [3.8, 4) is 5.75 Å². The van der Waals surface area contributed by atoms with Crippen LogP contribution in [-0.2, 0) is 6.61 Å². The Morgan fingerprint density at radius 2 is 2.00 bits per heavy atom. The number of aromatic nitrogens is 2. The molecule has 1 heterocycles. The van der Waals surface area contributed by atoms with Crippen LogP contribution in [0.1, 0.15) is 5.69 Å². The van der Waals surface area contributed by atoms with Crippen LogP contribution in [0.2, 0.25) is 10.0 Å². The van der Waals surface area contributed by atoms with E-state index in [1.165, 1.54) is 0 Å². The molecule has 1 aromatic carbocycles. The summed E-state index contributed by atoms with van der Waals surface area (Å²) in [5.74, 6) is 1.36. The molecule has 2 aromatic rings. The predicted molar refractivity (Wildman–Crippen MR) is 72.4 cm³/mol. The summed E-state index contributed by atoms with van der Waals surface area (Å²) in [6, 6.07) is 5.11. The van der Waals surface area contributed by atoms with Gasteiger partial charge < -0.3 is 10.1 Å². The van der Waals surface area contributed by atoms with Gasteiger partial charge in [-0.3, -0.25) is 4.98 Å². The zero-order chi connectivity index (χ0) is 13.0. The Kier molecular flexibility index (Phi) is 4.23. The fourth-order valence-electron chi connectivity index (χ4n) is 1.28. The average molecular weight is 284 g/mol. The lowest BCUT2D eigenvalue weighted by Gasteiger charge is -2.07. The SMILES string of the molecule is CNc1cnc(COc2ccc(Cl)c(Cl)c2)cn1. The Hall–Kier alpha value is -1.52. The molecular formula is C12H11Cl2N3O. The Balaban J connectivity index is 1.99. The van der Waals surface area contributed by atoms with Gasteiger partial charge >= 0.3 is 0 Å². The second kappa shape index (κ2) is 5.89. The van der Waals surface area contributed by atoms with Crippen molar-refractivity contribution in [2.24, 2.45) is 0 Å². The van der Waals surface area contributed by atoms with Crippen molar-refractivity contribution >= 4 is 29.0 Å². The third kappa shape index (κ3) is 3.24. The first-order valence-corrected chi connectivity index (χ1v) is 6.01. The number of hydrogen-bond acceptors (Lipinski definition) is 4. The lowest BCUT2D eigenvalue weighted by atomic mass is 10.3. The summed E-state index contributed by atoms with van der Waals surface area (Å²) in [5.41, 5.74) is 0.736. The van der Waals surface area contributed by atoms with Gasteiger partial charge in [0.25, 0.3) is 0 Å². The number of rotatable bonds is 4.